The van der Waals surface area contributed by atoms with Crippen molar-refractivity contribution in [3.05, 3.63) is 0 Å². The van der Waals surface area contributed by atoms with Gasteiger partial charge in [-0.1, -0.05) is 21.6 Å². The summed E-state index contributed by atoms with van der Waals surface area (Å²) < 4.78 is 0. The van der Waals surface area contributed by atoms with E-state index in [0.29, 0.717) is 24.3 Å². The van der Waals surface area contributed by atoms with Gasteiger partial charge in [0.25, 0.3) is 0 Å². The average molecular weight is 312 g/mol. The van der Waals surface area contributed by atoms with E-state index in [1.165, 1.54) is 21.6 Å². The van der Waals surface area contributed by atoms with E-state index in [0.717, 1.165) is 0 Å². The maximum Gasteiger partial charge on any atom is 1.00 e. The summed E-state index contributed by atoms with van der Waals surface area (Å²) >= 11 is 0. The molecule has 0 amide bonds. The molecule has 10 heteroatoms. The van der Waals surface area contributed by atoms with Crippen LogP contribution in [0.5, 0.6) is 0 Å². The van der Waals surface area contributed by atoms with Crippen molar-refractivity contribution in [3.63, 3.8) is 0 Å². The normalized spacial score (nSPS) is 12.8. The first-order valence-corrected chi connectivity index (χ1v) is 7.11. The number of carboxylic acids is 2. The second-order valence-electron chi connectivity index (χ2n) is 3.07. The molecule has 0 aliphatic rings. The fourth-order valence-electron chi connectivity index (χ4n) is 0.704. The Morgan fingerprint density at radius 3 is 1.39 bits per heavy atom. The van der Waals surface area contributed by atoms with Gasteiger partial charge in [0.2, 0.25) is 0 Å². The molecule has 0 fully saturated rings. The summed E-state index contributed by atoms with van der Waals surface area (Å²) in [5.41, 5.74) is 10.5. The number of nitrogens with two attached hydrogens (primary N) is 2. The first kappa shape index (κ1) is 24.6. The van der Waals surface area contributed by atoms with Gasteiger partial charge in [0, 0.05) is 23.6 Å². The minimum absolute atomic E-state index is 0. The Kier molecular flexibility index (Phi) is 20.4. The van der Waals surface area contributed by atoms with Crippen molar-refractivity contribution >= 4 is 33.5 Å². The van der Waals surface area contributed by atoms with E-state index in [9.17, 15) is 19.8 Å². The van der Waals surface area contributed by atoms with Crippen LogP contribution in [0.2, 0.25) is 0 Å². The van der Waals surface area contributed by atoms with E-state index in [2.05, 4.69) is 0 Å². The van der Waals surface area contributed by atoms with Crippen LogP contribution in [-0.2, 0) is 9.59 Å². The van der Waals surface area contributed by atoms with Gasteiger partial charge in [-0.25, -0.2) is 0 Å². The summed E-state index contributed by atoms with van der Waals surface area (Å²) in [4.78, 5) is 20.5. The largest absolute Gasteiger partial charge is 1.00 e. The van der Waals surface area contributed by atoms with Gasteiger partial charge in [0.15, 0.2) is 0 Å². The first-order valence-electron chi connectivity index (χ1n) is 4.62. The molecule has 0 aromatic heterocycles. The maximum absolute atomic E-state index is 10.2. The Morgan fingerprint density at radius 2 is 1.17 bits per heavy atom. The van der Waals surface area contributed by atoms with Gasteiger partial charge in [0.1, 0.15) is 0 Å². The zero-order chi connectivity index (χ0) is 12.6. The summed E-state index contributed by atoms with van der Waals surface area (Å²) in [6.07, 6.45) is 0.652. The van der Waals surface area contributed by atoms with Crippen LogP contribution < -0.4 is 80.8 Å². The molecule has 2 atom stereocenters. The fraction of sp³-hybridized carbons (Fsp3) is 0.750. The molecule has 0 saturated heterocycles. The van der Waals surface area contributed by atoms with E-state index < -0.39 is 24.0 Å². The minimum Gasteiger partial charge on any atom is -0.548 e. The Labute approximate surface area is 158 Å². The van der Waals surface area contributed by atoms with E-state index in [1.54, 1.807) is 0 Å². The molecule has 0 aliphatic heterocycles. The van der Waals surface area contributed by atoms with Gasteiger partial charge in [-0.15, -0.1) is 0 Å². The number of hydrogen-bond acceptors (Lipinski definition) is 8. The number of aliphatic carboxylic acids is 2. The molecule has 0 radical (unpaired) electrons. The third kappa shape index (κ3) is 14.0. The van der Waals surface area contributed by atoms with Gasteiger partial charge < -0.3 is 31.3 Å². The molecule has 6 nitrogen and oxygen atoms in total. The van der Waals surface area contributed by atoms with Crippen molar-refractivity contribution in [2.45, 2.75) is 24.9 Å². The number of carbonyl (C=O) groups is 2. The zero-order valence-electron chi connectivity index (χ0n) is 10.6. The smallest absolute Gasteiger partial charge is 0.548 e. The standard InChI is InChI=1S/C8H16N2O4S2.2Na/c9-5(7(11)12)1-3-15-16-4-2-6(10)8(13)14;;/h5-6H,1-4,9-10H2,(H,11,12)(H,13,14);;/q;2*+1/p-2/t5-,6-;;/m0../s1. The maximum atomic E-state index is 10.2. The van der Waals surface area contributed by atoms with Gasteiger partial charge in [0.05, 0.1) is 11.9 Å². The monoisotopic (exact) mass is 312 g/mol. The van der Waals surface area contributed by atoms with E-state index >= 15 is 0 Å². The van der Waals surface area contributed by atoms with Crippen molar-refractivity contribution in [2.24, 2.45) is 11.5 Å². The molecule has 0 saturated carbocycles. The Balaban J connectivity index is -0.00000112. The second-order valence-corrected chi connectivity index (χ2v) is 5.77. The fourth-order valence-corrected chi connectivity index (χ4v) is 2.92. The third-order valence-corrected chi connectivity index (χ3v) is 4.18. The summed E-state index contributed by atoms with van der Waals surface area (Å²) in [6, 6.07) is -1.89. The van der Waals surface area contributed by atoms with Crippen LogP contribution in [0.15, 0.2) is 0 Å². The molecule has 0 heterocycles. The Hall–Kier alpha value is 1.56. The quantitative estimate of drug-likeness (QED) is 0.244. The van der Waals surface area contributed by atoms with Crippen molar-refractivity contribution < 1.29 is 78.9 Å². The van der Waals surface area contributed by atoms with Crippen molar-refractivity contribution in [2.75, 3.05) is 11.5 Å². The van der Waals surface area contributed by atoms with E-state index in [4.69, 9.17) is 11.5 Å². The zero-order valence-corrected chi connectivity index (χ0v) is 16.2. The summed E-state index contributed by atoms with van der Waals surface area (Å²) in [5, 5.41) is 20.5. The van der Waals surface area contributed by atoms with Gasteiger partial charge in [-0.3, -0.25) is 0 Å². The predicted octanol–water partition coefficient (Wildman–Crippen LogP) is -8.69. The number of carbonyl (C=O) groups excluding carboxylic acids is 2. The molecule has 0 unspecified atom stereocenters. The van der Waals surface area contributed by atoms with Crippen LogP contribution in [-0.4, -0.2) is 35.5 Å². The number of rotatable bonds is 9. The average Bonchev–Trinajstić information content (AvgIpc) is 2.21. The van der Waals surface area contributed by atoms with Crippen LogP contribution in [0.4, 0.5) is 0 Å². The van der Waals surface area contributed by atoms with Gasteiger partial charge in [-0.2, -0.15) is 0 Å². The Bertz CT molecular complexity index is 225. The van der Waals surface area contributed by atoms with Crippen LogP contribution in [0.25, 0.3) is 0 Å². The van der Waals surface area contributed by atoms with Gasteiger partial charge >= 0.3 is 59.1 Å². The van der Waals surface area contributed by atoms with Gasteiger partial charge in [-0.05, 0) is 12.8 Å². The molecule has 4 N–H and O–H groups in total. The van der Waals surface area contributed by atoms with Crippen LogP contribution >= 0.6 is 21.6 Å². The van der Waals surface area contributed by atoms with E-state index in [1.807, 2.05) is 0 Å². The SMILES string of the molecule is N[C@@H](CCSSCC[C@H](N)C(=O)[O-])C(=O)[O-].[Na+].[Na+]. The Morgan fingerprint density at radius 1 is 0.889 bits per heavy atom. The molecule has 0 aromatic carbocycles. The first-order chi connectivity index (χ1) is 7.45. The topological polar surface area (TPSA) is 132 Å². The molecular weight excluding hydrogens is 298 g/mol. The molecule has 0 aromatic rings. The van der Waals surface area contributed by atoms with Crippen LogP contribution in [0.3, 0.4) is 0 Å². The van der Waals surface area contributed by atoms with Crippen molar-refractivity contribution in [1.29, 1.82) is 0 Å². The molecule has 94 valence electrons. The molecular formula is C8H14N2Na2O4S2. The third-order valence-electron chi connectivity index (χ3n) is 1.71. The summed E-state index contributed by atoms with van der Waals surface area (Å²) in [6.45, 7) is 0. The van der Waals surface area contributed by atoms with Crippen LogP contribution in [0, 0.1) is 0 Å². The number of hydrogen-bond donors (Lipinski definition) is 2. The molecule has 0 rings (SSSR count). The molecule has 18 heavy (non-hydrogen) atoms. The molecule has 0 spiro atoms. The van der Waals surface area contributed by atoms with Crippen molar-refractivity contribution in [3.8, 4) is 0 Å². The van der Waals surface area contributed by atoms with Crippen LogP contribution in [0.1, 0.15) is 12.8 Å². The molecule has 0 bridgehead atoms. The second kappa shape index (κ2) is 15.0. The molecule has 0 aliphatic carbocycles. The predicted molar refractivity (Wildman–Crippen MR) is 60.1 cm³/mol. The van der Waals surface area contributed by atoms with Crippen molar-refractivity contribution in [1.82, 2.24) is 0 Å². The number of carboxylic acid groups (broad SMARTS) is 2. The summed E-state index contributed by atoms with van der Waals surface area (Å²) in [7, 11) is 2.86. The summed E-state index contributed by atoms with van der Waals surface area (Å²) in [5.74, 6) is -1.38. The minimum atomic E-state index is -1.26. The van der Waals surface area contributed by atoms with E-state index in [-0.39, 0.29) is 59.1 Å².